The van der Waals surface area contributed by atoms with Crippen LogP contribution in [0.25, 0.3) is 22.3 Å². The summed E-state index contributed by atoms with van der Waals surface area (Å²) in [5, 5.41) is 20.4. The average Bonchev–Trinajstić information content (AvgIpc) is 4.34. The third-order valence-corrected chi connectivity index (χ3v) is 19.3. The molecule has 7 rings (SSSR count). The molecule has 0 spiro atoms. The number of hydrogen-bond acceptors (Lipinski definition) is 27. The molecule has 3 unspecified atom stereocenters. The number of aliphatic carboxylic acids is 1. The first kappa shape index (κ1) is 63.2. The number of Topliss-reactive ketones (excluding diaryl/α,β-unsaturated/α-hetero) is 1. The molecule has 2 amide bonds. The molecular weight excluding hydrogens is 1170 g/mol. The summed E-state index contributed by atoms with van der Waals surface area (Å²) in [6, 6.07) is 0. The lowest BCUT2D eigenvalue weighted by atomic mass is 10.0. The number of amides is 2. The number of hydrogen-bond donors (Lipinski definition) is 6. The third-order valence-electron chi connectivity index (χ3n) is 12.9. The largest absolute Gasteiger partial charge is 0.508 e. The monoisotopic (exact) mass is 1240 g/mol. The summed E-state index contributed by atoms with van der Waals surface area (Å²) in [4.78, 5) is 113. The van der Waals surface area contributed by atoms with Crippen molar-refractivity contribution in [3.05, 3.63) is 25.3 Å². The molecule has 11 atom stereocenters. The molecule has 3 fully saturated rings. The van der Waals surface area contributed by atoms with Crippen molar-refractivity contribution in [3.8, 4) is 0 Å². The van der Waals surface area contributed by atoms with Crippen molar-refractivity contribution in [3.63, 3.8) is 0 Å². The van der Waals surface area contributed by atoms with Crippen molar-refractivity contribution in [2.24, 2.45) is 5.92 Å². The van der Waals surface area contributed by atoms with Gasteiger partial charge in [-0.05, 0) is 50.3 Å². The smallest absolute Gasteiger partial charge is 0.481 e. The highest BCUT2D eigenvalue weighted by atomic mass is 33.1. The van der Waals surface area contributed by atoms with Gasteiger partial charge in [0.2, 0.25) is 11.8 Å². The molecule has 7 heterocycles. The molecular formula is C44H64N12O18P2S4. The first-order chi connectivity index (χ1) is 37.8. The highest BCUT2D eigenvalue weighted by Gasteiger charge is 2.54. The molecule has 0 radical (unpaired) electrons. The summed E-state index contributed by atoms with van der Waals surface area (Å²) in [5.74, 6) is -1.79. The Morgan fingerprint density at radius 3 is 1.99 bits per heavy atom. The van der Waals surface area contributed by atoms with Crippen LogP contribution in [0.1, 0.15) is 71.8 Å². The lowest BCUT2D eigenvalue weighted by Gasteiger charge is -2.29. The number of carboxylic acids is 1. The van der Waals surface area contributed by atoms with Gasteiger partial charge in [-0.3, -0.25) is 37.4 Å². The Morgan fingerprint density at radius 2 is 1.38 bits per heavy atom. The summed E-state index contributed by atoms with van der Waals surface area (Å²) in [7, 11) is 6.20. The fourth-order valence-electron chi connectivity index (χ4n) is 8.38. The summed E-state index contributed by atoms with van der Waals surface area (Å²) in [5.41, 5.74) is 12.8. The Labute approximate surface area is 476 Å². The average molecular weight is 1240 g/mol. The Kier molecular flexibility index (Phi) is 22.0. The van der Waals surface area contributed by atoms with Gasteiger partial charge in [0, 0.05) is 63.6 Å². The number of ketones is 1. The van der Waals surface area contributed by atoms with Crippen LogP contribution in [0.3, 0.4) is 0 Å². The molecule has 30 nitrogen and oxygen atoms in total. The predicted octanol–water partition coefficient (Wildman–Crippen LogP) is 2.48. The number of carbonyl (C=O) groups is 5. The van der Waals surface area contributed by atoms with Gasteiger partial charge < -0.3 is 74.0 Å². The molecule has 8 N–H and O–H groups in total. The lowest BCUT2D eigenvalue weighted by Crippen LogP contribution is -2.39. The SMILES string of the molecule is CC(CC(=O)CCCOCCC(=O)N(C)CCN(C)C(=O)CCC(C)(C)SSCCOC(=O)O[C@@H]1[C@@H]2OP(O)(=S)OC[C@H]3O[C@@H](n4cnc5c(N)ncnc54)[C@H](OP(O)(=S)OC[C@H]2O[C@H]1n1cnc2c(N)ncnc21)[C@@H]3O)C(=O)O. The molecule has 3 aliphatic heterocycles. The van der Waals surface area contributed by atoms with E-state index in [0.29, 0.717) is 31.7 Å². The van der Waals surface area contributed by atoms with Crippen molar-refractivity contribution in [1.29, 1.82) is 0 Å². The maximum absolute atomic E-state index is 13.6. The van der Waals surface area contributed by atoms with Gasteiger partial charge in [-0.15, -0.1) is 0 Å². The molecule has 0 saturated carbocycles. The molecule has 442 valence electrons. The number of fused-ring (bicyclic) bond motifs is 5. The summed E-state index contributed by atoms with van der Waals surface area (Å²) >= 11 is 10.9. The molecule has 4 aromatic rings. The minimum Gasteiger partial charge on any atom is -0.481 e. The van der Waals surface area contributed by atoms with Gasteiger partial charge in [0.25, 0.3) is 0 Å². The van der Waals surface area contributed by atoms with Crippen molar-refractivity contribution >= 4 is 122 Å². The number of aromatic nitrogens is 8. The molecule has 0 aliphatic carbocycles. The Morgan fingerprint density at radius 1 is 0.812 bits per heavy atom. The van der Waals surface area contributed by atoms with E-state index in [2.05, 4.69) is 29.9 Å². The van der Waals surface area contributed by atoms with Crippen molar-refractivity contribution in [2.45, 2.75) is 113 Å². The summed E-state index contributed by atoms with van der Waals surface area (Å²) in [6.45, 7) is -3.64. The Balaban J connectivity index is 0.904. The van der Waals surface area contributed by atoms with Crippen LogP contribution in [0, 0.1) is 5.92 Å². The van der Waals surface area contributed by atoms with E-state index in [9.17, 15) is 38.9 Å². The van der Waals surface area contributed by atoms with Gasteiger partial charge in [0.15, 0.2) is 41.5 Å². The van der Waals surface area contributed by atoms with E-state index < -0.39 is 98.5 Å². The summed E-state index contributed by atoms with van der Waals surface area (Å²) in [6.07, 6.45) is -6.04. The summed E-state index contributed by atoms with van der Waals surface area (Å²) < 4.78 is 55.4. The van der Waals surface area contributed by atoms with E-state index in [1.165, 1.54) is 67.9 Å². The van der Waals surface area contributed by atoms with Crippen LogP contribution in [-0.2, 0) is 84.6 Å². The number of nitrogen functional groups attached to an aromatic ring is 2. The van der Waals surface area contributed by atoms with Crippen LogP contribution in [0.15, 0.2) is 25.3 Å². The van der Waals surface area contributed by atoms with Crippen molar-refractivity contribution < 1.29 is 85.8 Å². The number of ether oxygens (including phenoxy) is 5. The Bertz CT molecular complexity index is 2950. The lowest BCUT2D eigenvalue weighted by molar-refractivity contribution is -0.143. The fourth-order valence-corrected chi connectivity index (χ4v) is 13.6. The zero-order chi connectivity index (χ0) is 58.1. The number of likely N-dealkylation sites (N-methyl/N-ethyl adjacent to an activating group) is 2. The van der Waals surface area contributed by atoms with Crippen LogP contribution in [0.2, 0.25) is 0 Å². The van der Waals surface area contributed by atoms with E-state index in [-0.39, 0.29) is 97.1 Å². The number of nitrogens with zero attached hydrogens (tertiary/aromatic N) is 10. The van der Waals surface area contributed by atoms with Gasteiger partial charge in [0.1, 0.15) is 66.6 Å². The second-order valence-corrected chi connectivity index (χ2v) is 28.1. The number of rotatable bonds is 24. The quantitative estimate of drug-likeness (QED) is 0.0254. The number of carbonyl (C=O) groups excluding carboxylic acids is 4. The van der Waals surface area contributed by atoms with Crippen LogP contribution >= 0.6 is 35.0 Å². The topological polar surface area (TPSA) is 395 Å². The number of carboxylic acid groups (broad SMARTS) is 1. The fraction of sp³-hybridized carbons (Fsp3) is 0.659. The van der Waals surface area contributed by atoms with Crippen LogP contribution < -0.4 is 11.5 Å². The molecule has 36 heteroatoms. The van der Waals surface area contributed by atoms with Crippen LogP contribution in [0.4, 0.5) is 16.4 Å². The first-order valence-electron chi connectivity index (χ1n) is 24.9. The van der Waals surface area contributed by atoms with Crippen molar-refractivity contribution in [2.75, 3.05) is 77.4 Å². The van der Waals surface area contributed by atoms with Gasteiger partial charge in [0.05, 0.1) is 44.8 Å². The number of nitrogens with two attached hydrogens (primary N) is 2. The zero-order valence-corrected chi connectivity index (χ0v) is 49.1. The molecule has 3 saturated heterocycles. The van der Waals surface area contributed by atoms with Crippen LogP contribution in [0.5, 0.6) is 0 Å². The van der Waals surface area contributed by atoms with Gasteiger partial charge in [-0.1, -0.05) is 28.5 Å². The van der Waals surface area contributed by atoms with E-state index in [1.54, 1.807) is 19.0 Å². The highest BCUT2D eigenvalue weighted by molar-refractivity contribution is 8.77. The first-order valence-corrected chi connectivity index (χ1v) is 32.4. The van der Waals surface area contributed by atoms with E-state index >= 15 is 0 Å². The second kappa shape index (κ2) is 27.8. The standard InChI is InChI=1S/C44H64N12O18P2S4/c1-24(42(61)62)17-25(57)7-6-13-66-14-9-29(59)54(5)12-11-53(4)28(58)8-10-44(2,3)80-79-16-15-67-43(63)72-35-33-27(71-41(35)56-23-52-31-37(46)48-21-50-39(31)56)19-69-76(65,78)74-34-32(60)26(18-68-75(64,77)73-33)70-40(34)55-22-51-30-36(45)47-20-49-38(30)55/h20-24,26-27,32-35,40-41,60H,6-19H2,1-5H3,(H,61,62)(H,64,77)(H,65,78)(H2,45,47,49)(H2,46,48,50)/t24?,26-,27-,32-,33-,34-,35-,40-,41-,75?,76?/m1/s1. The van der Waals surface area contributed by atoms with E-state index in [1.807, 2.05) is 13.8 Å². The number of anilines is 2. The van der Waals surface area contributed by atoms with Gasteiger partial charge >= 0.3 is 25.6 Å². The maximum Gasteiger partial charge on any atom is 0.508 e. The Hall–Kier alpha value is -4.35. The maximum atomic E-state index is 13.6. The number of aliphatic hydroxyl groups excluding tert-OH is 1. The third kappa shape index (κ3) is 16.7. The highest BCUT2D eigenvalue weighted by Crippen LogP contribution is 2.54. The minimum absolute atomic E-state index is 0.0277. The van der Waals surface area contributed by atoms with Gasteiger partial charge in [-0.2, -0.15) is 0 Å². The molecule has 0 aromatic carbocycles. The minimum atomic E-state index is -4.40. The number of imidazole rings is 2. The molecule has 3 aliphatic rings. The second-order valence-electron chi connectivity index (χ2n) is 19.4. The van der Waals surface area contributed by atoms with E-state index in [0.717, 1.165) is 0 Å². The zero-order valence-electron chi connectivity index (χ0n) is 44.1. The van der Waals surface area contributed by atoms with Crippen LogP contribution in [-0.4, -0.2) is 206 Å². The number of aliphatic hydroxyl groups is 1. The normalized spacial score (nSPS) is 26.6. The van der Waals surface area contributed by atoms with E-state index in [4.69, 9.17) is 82.0 Å². The predicted molar refractivity (Wildman–Crippen MR) is 294 cm³/mol. The molecule has 4 aromatic heterocycles. The van der Waals surface area contributed by atoms with Crippen molar-refractivity contribution in [1.82, 2.24) is 48.8 Å². The molecule has 80 heavy (non-hydrogen) atoms. The van der Waals surface area contributed by atoms with Gasteiger partial charge in [-0.25, -0.2) is 34.7 Å². The molecule has 2 bridgehead atoms.